The molecule has 1 heterocycles. The number of nitrogens with zero attached hydrogens (tertiary/aromatic N) is 2. The van der Waals surface area contributed by atoms with E-state index in [4.69, 9.17) is 10.5 Å². The monoisotopic (exact) mass is 291 g/mol. The molecule has 108 valence electrons. The fraction of sp³-hybridized carbons (Fsp3) is 0.467. The van der Waals surface area contributed by atoms with E-state index >= 15 is 0 Å². The van der Waals surface area contributed by atoms with Crippen LogP contribution in [0.25, 0.3) is 0 Å². The first-order valence-corrected chi connectivity index (χ1v) is 7.87. The quantitative estimate of drug-likeness (QED) is 0.785. The van der Waals surface area contributed by atoms with E-state index in [1.165, 1.54) is 11.1 Å². The molecule has 1 aromatic carbocycles. The van der Waals surface area contributed by atoms with Crippen LogP contribution >= 0.6 is 11.8 Å². The van der Waals surface area contributed by atoms with Crippen molar-refractivity contribution in [1.82, 2.24) is 0 Å². The fourth-order valence-electron chi connectivity index (χ4n) is 1.98. The summed E-state index contributed by atoms with van der Waals surface area (Å²) in [5.41, 5.74) is 9.19. The topological polar surface area (TPSA) is 60.0 Å². The largest absolute Gasteiger partial charge is 0.377 e. The van der Waals surface area contributed by atoms with E-state index in [0.29, 0.717) is 11.8 Å². The van der Waals surface area contributed by atoms with Crippen LogP contribution in [-0.2, 0) is 11.3 Å². The van der Waals surface area contributed by atoms with E-state index in [1.807, 2.05) is 0 Å². The van der Waals surface area contributed by atoms with E-state index < -0.39 is 0 Å². The lowest BCUT2D eigenvalue weighted by Gasteiger charge is -2.09. The first kappa shape index (κ1) is 15.1. The van der Waals surface area contributed by atoms with Gasteiger partial charge in [0.15, 0.2) is 5.17 Å². The smallest absolute Gasteiger partial charge is 0.180 e. The summed E-state index contributed by atoms with van der Waals surface area (Å²) in [6.07, 6.45) is 3.12. The molecule has 0 unspecified atom stereocenters. The molecule has 2 N–H and O–H groups in total. The summed E-state index contributed by atoms with van der Waals surface area (Å²) in [7, 11) is 0. The summed E-state index contributed by atoms with van der Waals surface area (Å²) in [5, 5.41) is 8.56. The molecule has 0 amide bonds. The minimum absolute atomic E-state index is 0.565. The van der Waals surface area contributed by atoms with Crippen molar-refractivity contribution in [2.45, 2.75) is 32.8 Å². The Hall–Kier alpha value is -1.33. The second-order valence-corrected chi connectivity index (χ2v) is 5.89. The average Bonchev–Trinajstić information content (AvgIpc) is 2.45. The Bertz CT molecular complexity index is 500. The van der Waals surface area contributed by atoms with Crippen LogP contribution in [0.2, 0.25) is 0 Å². The summed E-state index contributed by atoms with van der Waals surface area (Å²) in [5.74, 6) is 0.874. The lowest BCUT2D eigenvalue weighted by Crippen LogP contribution is -2.15. The van der Waals surface area contributed by atoms with Crippen molar-refractivity contribution in [2.24, 2.45) is 15.9 Å². The normalized spacial score (nSPS) is 14.8. The molecule has 0 spiro atoms. The molecule has 4 nitrogen and oxygen atoms in total. The maximum absolute atomic E-state index is 5.69. The van der Waals surface area contributed by atoms with Crippen molar-refractivity contribution in [3.05, 3.63) is 35.4 Å². The second-order valence-electron chi connectivity index (χ2n) is 4.89. The van der Waals surface area contributed by atoms with Crippen molar-refractivity contribution < 1.29 is 4.74 Å². The number of rotatable bonds is 7. The number of aryl methyl sites for hydroxylation is 1. The van der Waals surface area contributed by atoms with Crippen LogP contribution in [0.4, 0.5) is 0 Å². The molecule has 0 saturated carbocycles. The third-order valence-electron chi connectivity index (χ3n) is 3.03. The minimum atomic E-state index is 0.565. The highest BCUT2D eigenvalue weighted by Crippen LogP contribution is 2.12. The van der Waals surface area contributed by atoms with E-state index in [9.17, 15) is 0 Å². The Morgan fingerprint density at radius 3 is 2.95 bits per heavy atom. The standard InChI is InChI=1S/C15H21N3OS/c1-12-5-4-6-13(9-12)10-19-8-3-2-7-14-11-20-15(16)18-17-14/h4-6,9H,2-3,7-8,10-11H2,1H3,(H2,16,18). The predicted molar refractivity (Wildman–Crippen MR) is 86.2 cm³/mol. The maximum atomic E-state index is 5.69. The van der Waals surface area contributed by atoms with Crippen molar-refractivity contribution in [2.75, 3.05) is 12.4 Å². The SMILES string of the molecule is Cc1cccc(COCCCCC2=NN=C(N)SC2)c1. The fourth-order valence-corrected chi connectivity index (χ4v) is 2.60. The summed E-state index contributed by atoms with van der Waals surface area (Å²) in [6, 6.07) is 8.43. The van der Waals surface area contributed by atoms with Gasteiger partial charge in [-0.05, 0) is 31.7 Å². The number of hydrogen-bond donors (Lipinski definition) is 1. The van der Waals surface area contributed by atoms with Gasteiger partial charge < -0.3 is 10.5 Å². The molecule has 0 aliphatic carbocycles. The van der Waals surface area contributed by atoms with E-state index in [-0.39, 0.29) is 0 Å². The van der Waals surface area contributed by atoms with Crippen molar-refractivity contribution in [3.63, 3.8) is 0 Å². The molecule has 0 atom stereocenters. The Morgan fingerprint density at radius 1 is 1.30 bits per heavy atom. The van der Waals surface area contributed by atoms with Crippen LogP contribution in [0.3, 0.4) is 0 Å². The molecule has 1 aliphatic heterocycles. The zero-order valence-corrected chi connectivity index (χ0v) is 12.7. The van der Waals surface area contributed by atoms with Crippen molar-refractivity contribution in [1.29, 1.82) is 0 Å². The van der Waals surface area contributed by atoms with E-state index in [1.54, 1.807) is 11.8 Å². The average molecular weight is 291 g/mol. The van der Waals surface area contributed by atoms with E-state index in [0.717, 1.165) is 37.3 Å². The Balaban J connectivity index is 1.56. The summed E-state index contributed by atoms with van der Waals surface area (Å²) < 4.78 is 5.69. The lowest BCUT2D eigenvalue weighted by atomic mass is 10.1. The zero-order valence-electron chi connectivity index (χ0n) is 11.8. The van der Waals surface area contributed by atoms with Crippen LogP contribution in [0.5, 0.6) is 0 Å². The molecule has 0 aromatic heterocycles. The molecule has 0 bridgehead atoms. The van der Waals surface area contributed by atoms with Crippen LogP contribution in [-0.4, -0.2) is 23.2 Å². The van der Waals surface area contributed by atoms with Crippen LogP contribution in [0.1, 0.15) is 30.4 Å². The second kappa shape index (κ2) is 8.07. The number of nitrogens with two attached hydrogens (primary N) is 1. The third kappa shape index (κ3) is 5.35. The van der Waals surface area contributed by atoms with Crippen LogP contribution < -0.4 is 5.73 Å². The Kier molecular flexibility index (Phi) is 6.08. The number of ether oxygens (including phenoxy) is 1. The number of hydrogen-bond acceptors (Lipinski definition) is 5. The van der Waals surface area contributed by atoms with Gasteiger partial charge in [-0.3, -0.25) is 0 Å². The Labute approximate surface area is 124 Å². The number of unbranched alkanes of at least 4 members (excludes halogenated alkanes) is 1. The highest BCUT2D eigenvalue weighted by molar-refractivity contribution is 8.14. The number of thioether (sulfide) groups is 1. The molecular weight excluding hydrogens is 270 g/mol. The zero-order chi connectivity index (χ0) is 14.2. The molecule has 1 aromatic rings. The predicted octanol–water partition coefficient (Wildman–Crippen LogP) is 3.10. The van der Waals surface area contributed by atoms with Gasteiger partial charge in [-0.25, -0.2) is 0 Å². The molecule has 5 heteroatoms. The number of benzene rings is 1. The van der Waals surface area contributed by atoms with Gasteiger partial charge in [0.25, 0.3) is 0 Å². The lowest BCUT2D eigenvalue weighted by molar-refractivity contribution is 0.117. The highest BCUT2D eigenvalue weighted by Gasteiger charge is 2.07. The van der Waals surface area contributed by atoms with Crippen molar-refractivity contribution >= 4 is 22.6 Å². The molecule has 20 heavy (non-hydrogen) atoms. The van der Waals surface area contributed by atoms with Gasteiger partial charge in [0.05, 0.1) is 12.3 Å². The number of amidine groups is 1. The first-order valence-electron chi connectivity index (χ1n) is 6.89. The summed E-state index contributed by atoms with van der Waals surface area (Å²) in [4.78, 5) is 0. The molecule has 1 aliphatic rings. The van der Waals surface area contributed by atoms with Crippen molar-refractivity contribution in [3.8, 4) is 0 Å². The minimum Gasteiger partial charge on any atom is -0.377 e. The summed E-state index contributed by atoms with van der Waals surface area (Å²) in [6.45, 7) is 3.58. The third-order valence-corrected chi connectivity index (χ3v) is 3.89. The van der Waals surface area contributed by atoms with Gasteiger partial charge in [-0.2, -0.15) is 5.10 Å². The molecule has 0 radical (unpaired) electrons. The van der Waals surface area contributed by atoms with Gasteiger partial charge in [-0.1, -0.05) is 41.6 Å². The van der Waals surface area contributed by atoms with E-state index in [2.05, 4.69) is 41.4 Å². The van der Waals surface area contributed by atoms with Crippen LogP contribution in [0.15, 0.2) is 34.5 Å². The van der Waals surface area contributed by atoms with Crippen LogP contribution in [0, 0.1) is 6.92 Å². The van der Waals surface area contributed by atoms with Gasteiger partial charge in [0.2, 0.25) is 0 Å². The first-order chi connectivity index (χ1) is 9.74. The molecular formula is C15H21N3OS. The van der Waals surface area contributed by atoms with Gasteiger partial charge in [-0.15, -0.1) is 5.10 Å². The molecule has 0 fully saturated rings. The van der Waals surface area contributed by atoms with Gasteiger partial charge >= 0.3 is 0 Å². The highest BCUT2D eigenvalue weighted by atomic mass is 32.2. The molecule has 0 saturated heterocycles. The Morgan fingerprint density at radius 2 is 2.20 bits per heavy atom. The molecule has 2 rings (SSSR count). The maximum Gasteiger partial charge on any atom is 0.180 e. The summed E-state index contributed by atoms with van der Waals surface area (Å²) >= 11 is 1.56. The van der Waals surface area contributed by atoms with Gasteiger partial charge in [0.1, 0.15) is 0 Å². The van der Waals surface area contributed by atoms with Gasteiger partial charge in [0, 0.05) is 12.4 Å².